The van der Waals surface area contributed by atoms with Gasteiger partial charge in [-0.2, -0.15) is 0 Å². The SMILES string of the molecule is Cl.Cl.NCC1(c2cccc(Cl)c2)CCC(NC(=O)c2cncc(-c3ccccc3)c2)CC1. The molecule has 2 aromatic carbocycles. The van der Waals surface area contributed by atoms with Gasteiger partial charge >= 0.3 is 0 Å². The average molecular weight is 493 g/mol. The molecule has 7 heteroatoms. The van der Waals surface area contributed by atoms with Gasteiger partial charge in [0.1, 0.15) is 0 Å². The molecule has 0 bridgehead atoms. The first-order valence-electron chi connectivity index (χ1n) is 10.4. The number of carbonyl (C=O) groups is 1. The van der Waals surface area contributed by atoms with Crippen molar-refractivity contribution in [3.63, 3.8) is 0 Å². The summed E-state index contributed by atoms with van der Waals surface area (Å²) >= 11 is 6.20. The number of rotatable bonds is 5. The lowest BCUT2D eigenvalue weighted by atomic mass is 9.68. The zero-order valence-corrected chi connectivity index (χ0v) is 20.1. The van der Waals surface area contributed by atoms with Crippen LogP contribution in [-0.4, -0.2) is 23.5 Å². The summed E-state index contributed by atoms with van der Waals surface area (Å²) in [4.78, 5) is 17.1. The van der Waals surface area contributed by atoms with Crippen molar-refractivity contribution in [2.24, 2.45) is 5.73 Å². The maximum Gasteiger partial charge on any atom is 0.253 e. The van der Waals surface area contributed by atoms with E-state index in [4.69, 9.17) is 17.3 Å². The molecule has 1 fully saturated rings. The van der Waals surface area contributed by atoms with E-state index in [2.05, 4.69) is 16.4 Å². The molecule has 0 unspecified atom stereocenters. The minimum absolute atomic E-state index is 0. The Morgan fingerprint density at radius 2 is 1.72 bits per heavy atom. The molecule has 1 heterocycles. The Labute approximate surface area is 206 Å². The van der Waals surface area contributed by atoms with Gasteiger partial charge in [-0.1, -0.05) is 54.1 Å². The molecule has 0 radical (unpaired) electrons. The van der Waals surface area contributed by atoms with E-state index < -0.39 is 0 Å². The van der Waals surface area contributed by atoms with Crippen molar-refractivity contribution < 1.29 is 4.79 Å². The van der Waals surface area contributed by atoms with Crippen molar-refractivity contribution >= 4 is 42.3 Å². The minimum Gasteiger partial charge on any atom is -0.349 e. The van der Waals surface area contributed by atoms with Crippen molar-refractivity contribution in [1.82, 2.24) is 10.3 Å². The van der Waals surface area contributed by atoms with E-state index in [1.165, 1.54) is 5.56 Å². The van der Waals surface area contributed by atoms with Gasteiger partial charge in [-0.3, -0.25) is 9.78 Å². The zero-order chi connectivity index (χ0) is 21.0. The Morgan fingerprint density at radius 3 is 2.38 bits per heavy atom. The van der Waals surface area contributed by atoms with Crippen LogP contribution in [0.15, 0.2) is 73.1 Å². The highest BCUT2D eigenvalue weighted by molar-refractivity contribution is 6.30. The largest absolute Gasteiger partial charge is 0.349 e. The maximum atomic E-state index is 12.8. The summed E-state index contributed by atoms with van der Waals surface area (Å²) in [5.41, 5.74) is 9.89. The number of nitrogens with zero attached hydrogens (tertiary/aromatic N) is 1. The Balaban J connectivity index is 0.00000181. The molecule has 1 aliphatic carbocycles. The summed E-state index contributed by atoms with van der Waals surface area (Å²) in [6.07, 6.45) is 7.05. The molecule has 3 aromatic rings. The summed E-state index contributed by atoms with van der Waals surface area (Å²) in [6.45, 7) is 0.580. The van der Waals surface area contributed by atoms with Gasteiger partial charge in [0.2, 0.25) is 0 Å². The molecule has 1 amide bonds. The van der Waals surface area contributed by atoms with Gasteiger partial charge in [0.25, 0.3) is 5.91 Å². The Morgan fingerprint density at radius 1 is 1.00 bits per heavy atom. The van der Waals surface area contributed by atoms with Crippen molar-refractivity contribution in [2.75, 3.05) is 6.54 Å². The normalized spacial score (nSPS) is 19.9. The summed E-state index contributed by atoms with van der Waals surface area (Å²) < 4.78 is 0. The van der Waals surface area contributed by atoms with E-state index in [9.17, 15) is 4.79 Å². The molecule has 1 saturated carbocycles. The van der Waals surface area contributed by atoms with Crippen LogP contribution in [-0.2, 0) is 5.41 Å². The van der Waals surface area contributed by atoms with E-state index in [1.807, 2.05) is 54.6 Å². The third-order valence-corrected chi connectivity index (χ3v) is 6.45. The highest BCUT2D eigenvalue weighted by atomic mass is 35.5. The maximum absolute atomic E-state index is 12.8. The molecule has 1 aromatic heterocycles. The molecule has 4 nitrogen and oxygen atoms in total. The minimum atomic E-state index is -0.0757. The number of amides is 1. The molecule has 0 atom stereocenters. The first-order chi connectivity index (χ1) is 14.6. The molecule has 170 valence electrons. The lowest BCUT2D eigenvalue weighted by Gasteiger charge is -2.40. The third kappa shape index (κ3) is 5.81. The summed E-state index contributed by atoms with van der Waals surface area (Å²) in [7, 11) is 0. The molecule has 3 N–H and O–H groups in total. The molecule has 4 rings (SSSR count). The molecular formula is C25H28Cl3N3O. The van der Waals surface area contributed by atoms with E-state index in [1.54, 1.807) is 12.4 Å². The second-order valence-corrected chi connectivity index (χ2v) is 8.51. The van der Waals surface area contributed by atoms with Gasteiger partial charge in [-0.05, 0) is 55.0 Å². The number of nitrogens with two attached hydrogens (primary N) is 1. The van der Waals surface area contributed by atoms with Gasteiger partial charge in [0, 0.05) is 41.0 Å². The number of hydrogen-bond donors (Lipinski definition) is 2. The lowest BCUT2D eigenvalue weighted by Crippen LogP contribution is -2.45. The second kappa shape index (κ2) is 11.7. The van der Waals surface area contributed by atoms with Crippen molar-refractivity contribution in [1.29, 1.82) is 0 Å². The smallest absolute Gasteiger partial charge is 0.253 e. The lowest BCUT2D eigenvalue weighted by molar-refractivity contribution is 0.0917. The van der Waals surface area contributed by atoms with Crippen LogP contribution in [0.1, 0.15) is 41.6 Å². The molecule has 0 saturated heterocycles. The predicted octanol–water partition coefficient (Wildman–Crippen LogP) is 5.81. The van der Waals surface area contributed by atoms with Gasteiger partial charge < -0.3 is 11.1 Å². The number of aromatic nitrogens is 1. The van der Waals surface area contributed by atoms with E-state index in [0.29, 0.717) is 12.1 Å². The Hall–Kier alpha value is -2.11. The number of hydrogen-bond acceptors (Lipinski definition) is 3. The fraction of sp³-hybridized carbons (Fsp3) is 0.280. The van der Waals surface area contributed by atoms with Crippen LogP contribution in [0.2, 0.25) is 5.02 Å². The highest BCUT2D eigenvalue weighted by Gasteiger charge is 2.36. The number of nitrogens with one attached hydrogen (secondary N) is 1. The quantitative estimate of drug-likeness (QED) is 0.472. The van der Waals surface area contributed by atoms with Crippen LogP contribution in [0.4, 0.5) is 0 Å². The summed E-state index contributed by atoms with van der Waals surface area (Å²) in [6, 6.07) is 20.0. The second-order valence-electron chi connectivity index (χ2n) is 8.07. The van der Waals surface area contributed by atoms with Gasteiger partial charge in [0.05, 0.1) is 5.56 Å². The van der Waals surface area contributed by atoms with Crippen LogP contribution in [0, 0.1) is 0 Å². The molecule has 0 spiro atoms. The topological polar surface area (TPSA) is 68.0 Å². The average Bonchev–Trinajstić information content (AvgIpc) is 2.80. The third-order valence-electron chi connectivity index (χ3n) is 6.21. The van der Waals surface area contributed by atoms with Gasteiger partial charge in [0.15, 0.2) is 0 Å². The fourth-order valence-electron chi connectivity index (χ4n) is 4.37. The van der Waals surface area contributed by atoms with E-state index in [-0.39, 0.29) is 42.2 Å². The molecule has 1 aliphatic rings. The Bertz CT molecular complexity index is 1020. The summed E-state index contributed by atoms with van der Waals surface area (Å²) in [5.74, 6) is -0.0757. The van der Waals surface area contributed by atoms with Crippen molar-refractivity contribution in [3.05, 3.63) is 89.2 Å². The monoisotopic (exact) mass is 491 g/mol. The number of pyridine rings is 1. The number of carbonyl (C=O) groups excluding carboxylic acids is 1. The van der Waals surface area contributed by atoms with Crippen molar-refractivity contribution in [2.45, 2.75) is 37.1 Å². The highest BCUT2D eigenvalue weighted by Crippen LogP contribution is 2.39. The number of benzene rings is 2. The van der Waals surface area contributed by atoms with Crippen LogP contribution >= 0.6 is 36.4 Å². The standard InChI is InChI=1S/C25H26ClN3O.2ClH/c26-22-8-4-7-21(14-22)25(17-27)11-9-23(10-12-25)29-24(30)20-13-19(15-28-16-20)18-5-2-1-3-6-18;;/h1-8,13-16,23H,9-12,17,27H2,(H,29,30);2*1H. The first kappa shape index (κ1) is 26.1. The summed E-state index contributed by atoms with van der Waals surface area (Å²) in [5, 5.41) is 3.93. The van der Waals surface area contributed by atoms with Gasteiger partial charge in [-0.15, -0.1) is 24.8 Å². The van der Waals surface area contributed by atoms with Crippen LogP contribution in [0.3, 0.4) is 0 Å². The predicted molar refractivity (Wildman–Crippen MR) is 136 cm³/mol. The molecular weight excluding hydrogens is 465 g/mol. The Kier molecular flexibility index (Phi) is 9.53. The van der Waals surface area contributed by atoms with Crippen LogP contribution in [0.5, 0.6) is 0 Å². The fourth-order valence-corrected chi connectivity index (χ4v) is 4.56. The van der Waals surface area contributed by atoms with Crippen molar-refractivity contribution in [3.8, 4) is 11.1 Å². The van der Waals surface area contributed by atoms with E-state index in [0.717, 1.165) is 41.8 Å². The van der Waals surface area contributed by atoms with Gasteiger partial charge in [-0.25, -0.2) is 0 Å². The van der Waals surface area contributed by atoms with Crippen LogP contribution < -0.4 is 11.1 Å². The molecule has 32 heavy (non-hydrogen) atoms. The zero-order valence-electron chi connectivity index (χ0n) is 17.7. The molecule has 0 aliphatic heterocycles. The number of halogens is 3. The van der Waals surface area contributed by atoms with E-state index >= 15 is 0 Å². The first-order valence-corrected chi connectivity index (χ1v) is 10.7. The van der Waals surface area contributed by atoms with Crippen LogP contribution in [0.25, 0.3) is 11.1 Å².